The molecule has 1 aromatic heterocycles. The normalized spacial score (nSPS) is 25.2. The summed E-state index contributed by atoms with van der Waals surface area (Å²) in [6.45, 7) is 9.73. The van der Waals surface area contributed by atoms with Crippen LogP contribution in [0.5, 0.6) is 0 Å². The van der Waals surface area contributed by atoms with Gasteiger partial charge < -0.3 is 4.90 Å². The van der Waals surface area contributed by atoms with Gasteiger partial charge in [-0.1, -0.05) is 76.1 Å². The molecule has 2 unspecified atom stereocenters. The average Bonchev–Trinajstić information content (AvgIpc) is 3.26. The number of hydrogen-bond acceptors (Lipinski definition) is 2. The molecule has 0 saturated heterocycles. The van der Waals surface area contributed by atoms with E-state index in [1.54, 1.807) is 0 Å². The average molecular weight is 471 g/mol. The van der Waals surface area contributed by atoms with Crippen LogP contribution in [-0.4, -0.2) is 10.5 Å². The predicted molar refractivity (Wildman–Crippen MR) is 150 cm³/mol. The maximum Gasteiger partial charge on any atom is 0.0517 e. The van der Waals surface area contributed by atoms with Crippen LogP contribution in [0.4, 0.5) is 11.4 Å². The molecule has 0 amide bonds. The topological polar surface area (TPSA) is 16.1 Å². The zero-order valence-corrected chi connectivity index (χ0v) is 21.8. The van der Waals surface area contributed by atoms with Gasteiger partial charge in [0.1, 0.15) is 0 Å². The van der Waals surface area contributed by atoms with Crippen molar-refractivity contribution in [3.63, 3.8) is 0 Å². The summed E-state index contributed by atoms with van der Waals surface area (Å²) in [6.07, 6.45) is 8.88. The summed E-state index contributed by atoms with van der Waals surface area (Å²) in [5, 5.41) is 0. The van der Waals surface area contributed by atoms with E-state index < -0.39 is 0 Å². The summed E-state index contributed by atoms with van der Waals surface area (Å²) in [5.41, 5.74) is 12.6. The highest BCUT2D eigenvalue weighted by molar-refractivity contribution is 5.85. The minimum atomic E-state index is 0.0186. The molecule has 2 heteroatoms. The van der Waals surface area contributed by atoms with Crippen molar-refractivity contribution in [2.75, 3.05) is 4.90 Å². The van der Waals surface area contributed by atoms with Crippen molar-refractivity contribution in [1.29, 1.82) is 0 Å². The molecule has 180 valence electrons. The summed E-state index contributed by atoms with van der Waals surface area (Å²) in [4.78, 5) is 6.92. The number of fused-ring (bicyclic) bond motifs is 6. The summed E-state index contributed by atoms with van der Waals surface area (Å²) in [7, 11) is 0. The van der Waals surface area contributed by atoms with Crippen LogP contribution in [0.25, 0.3) is 22.3 Å². The Kier molecular flexibility index (Phi) is 4.44. The van der Waals surface area contributed by atoms with Crippen molar-refractivity contribution < 1.29 is 0 Å². The second-order valence-electron chi connectivity index (χ2n) is 12.0. The lowest BCUT2D eigenvalue weighted by molar-refractivity contribution is 0.195. The van der Waals surface area contributed by atoms with E-state index in [1.807, 2.05) is 12.4 Å². The fourth-order valence-corrected chi connectivity index (χ4v) is 7.70. The van der Waals surface area contributed by atoms with E-state index >= 15 is 0 Å². The van der Waals surface area contributed by atoms with Crippen LogP contribution in [0.15, 0.2) is 85.2 Å². The van der Waals surface area contributed by atoms with E-state index in [9.17, 15) is 0 Å². The zero-order valence-electron chi connectivity index (χ0n) is 21.8. The molecule has 2 atom stereocenters. The molecular weight excluding hydrogens is 436 g/mol. The van der Waals surface area contributed by atoms with E-state index in [2.05, 4.69) is 110 Å². The Hall–Kier alpha value is -3.39. The zero-order chi connectivity index (χ0) is 24.7. The molecule has 0 bridgehead atoms. The largest absolute Gasteiger partial charge is 0.334 e. The highest BCUT2D eigenvalue weighted by atomic mass is 15.3. The Morgan fingerprint density at radius 3 is 2.14 bits per heavy atom. The molecule has 2 aliphatic carbocycles. The molecule has 0 N–H and O–H groups in total. The lowest BCUT2D eigenvalue weighted by atomic mass is 9.61. The lowest BCUT2D eigenvalue weighted by Crippen LogP contribution is -2.54. The van der Waals surface area contributed by atoms with Gasteiger partial charge in [0.25, 0.3) is 0 Å². The summed E-state index contributed by atoms with van der Waals surface area (Å²) < 4.78 is 0. The van der Waals surface area contributed by atoms with Crippen LogP contribution in [0.2, 0.25) is 0 Å². The van der Waals surface area contributed by atoms with Gasteiger partial charge in [0.2, 0.25) is 0 Å². The van der Waals surface area contributed by atoms with Crippen LogP contribution in [-0.2, 0) is 10.8 Å². The molecule has 1 fully saturated rings. The van der Waals surface area contributed by atoms with E-state index in [1.165, 1.54) is 76.0 Å². The van der Waals surface area contributed by atoms with E-state index in [0.717, 1.165) is 0 Å². The van der Waals surface area contributed by atoms with Gasteiger partial charge in [0.05, 0.1) is 5.54 Å². The number of aromatic nitrogens is 1. The summed E-state index contributed by atoms with van der Waals surface area (Å²) in [5.74, 6) is 0. The third-order valence-electron chi connectivity index (χ3n) is 9.94. The first-order valence-corrected chi connectivity index (χ1v) is 13.4. The monoisotopic (exact) mass is 470 g/mol. The molecule has 2 nitrogen and oxygen atoms in total. The Morgan fingerprint density at radius 2 is 1.33 bits per heavy atom. The molecule has 36 heavy (non-hydrogen) atoms. The smallest absolute Gasteiger partial charge is 0.0517 e. The van der Waals surface area contributed by atoms with Crippen molar-refractivity contribution in [1.82, 2.24) is 4.98 Å². The number of rotatable bonds is 2. The van der Waals surface area contributed by atoms with Gasteiger partial charge >= 0.3 is 0 Å². The molecule has 3 aromatic carbocycles. The first kappa shape index (κ1) is 21.9. The van der Waals surface area contributed by atoms with Gasteiger partial charge in [-0.05, 0) is 89.0 Å². The van der Waals surface area contributed by atoms with Crippen molar-refractivity contribution >= 4 is 11.4 Å². The molecule has 0 spiro atoms. The summed E-state index contributed by atoms with van der Waals surface area (Å²) in [6, 6.07) is 27.6. The number of pyridine rings is 1. The van der Waals surface area contributed by atoms with Crippen molar-refractivity contribution in [2.45, 2.75) is 69.7 Å². The fourth-order valence-electron chi connectivity index (χ4n) is 7.70. The quantitative estimate of drug-likeness (QED) is 0.291. The van der Waals surface area contributed by atoms with E-state index in [-0.39, 0.29) is 16.4 Å². The predicted octanol–water partition coefficient (Wildman–Crippen LogP) is 8.80. The van der Waals surface area contributed by atoms with Crippen LogP contribution in [0, 0.1) is 0 Å². The molecule has 7 rings (SSSR count). The Morgan fingerprint density at radius 1 is 0.667 bits per heavy atom. The molecule has 2 heterocycles. The Balaban J connectivity index is 1.38. The lowest BCUT2D eigenvalue weighted by Gasteiger charge is -2.50. The highest BCUT2D eigenvalue weighted by Crippen LogP contribution is 2.61. The number of hydrogen-bond donors (Lipinski definition) is 0. The third-order valence-corrected chi connectivity index (χ3v) is 9.94. The minimum Gasteiger partial charge on any atom is -0.334 e. The maximum atomic E-state index is 4.30. The molecule has 3 aliphatic rings. The van der Waals surface area contributed by atoms with E-state index in [0.29, 0.717) is 0 Å². The van der Waals surface area contributed by atoms with Crippen LogP contribution < -0.4 is 4.90 Å². The first-order valence-electron chi connectivity index (χ1n) is 13.4. The van der Waals surface area contributed by atoms with Gasteiger partial charge in [0.15, 0.2) is 0 Å². The fraction of sp³-hybridized carbons (Fsp3) is 0.324. The van der Waals surface area contributed by atoms with Gasteiger partial charge in [-0.25, -0.2) is 0 Å². The molecule has 4 aromatic rings. The standard InChI is InChI=1S/C34H34N2/c1-32(2)28-10-6-5-9-26(28)27-13-11-23(21-29(27)32)24-12-14-31-30(22-24)33(3)17-7-8-18-34(33,4)36(31)25-15-19-35-20-16-25/h5-6,9-16,19-22H,7-8,17-18H2,1-4H3. The first-order chi connectivity index (χ1) is 17.3. The highest BCUT2D eigenvalue weighted by Gasteiger charge is 2.57. The Labute approximate surface area is 215 Å². The second-order valence-corrected chi connectivity index (χ2v) is 12.0. The van der Waals surface area contributed by atoms with E-state index in [4.69, 9.17) is 0 Å². The van der Waals surface area contributed by atoms with Crippen LogP contribution in [0.3, 0.4) is 0 Å². The summed E-state index contributed by atoms with van der Waals surface area (Å²) >= 11 is 0. The number of anilines is 2. The second kappa shape index (κ2) is 7.32. The molecular formula is C34H34N2. The van der Waals surface area contributed by atoms with Crippen LogP contribution in [0.1, 0.15) is 70.1 Å². The van der Waals surface area contributed by atoms with Crippen molar-refractivity contribution in [3.8, 4) is 22.3 Å². The van der Waals surface area contributed by atoms with Gasteiger partial charge in [-0.2, -0.15) is 0 Å². The molecule has 1 saturated carbocycles. The Bertz CT molecular complexity index is 1500. The molecule has 1 aliphatic heterocycles. The van der Waals surface area contributed by atoms with Crippen LogP contribution >= 0.6 is 0 Å². The van der Waals surface area contributed by atoms with Crippen molar-refractivity contribution in [2.24, 2.45) is 0 Å². The maximum absolute atomic E-state index is 4.30. The third kappa shape index (κ3) is 2.70. The molecule has 0 radical (unpaired) electrons. The SMILES string of the molecule is CC1(C)c2ccccc2-c2ccc(-c3ccc4c(c3)C3(C)CCCCC3(C)N4c3ccncc3)cc21. The minimum absolute atomic E-state index is 0.0186. The van der Waals surface area contributed by atoms with Crippen molar-refractivity contribution in [3.05, 3.63) is 102 Å². The number of nitrogens with zero attached hydrogens (tertiary/aromatic N) is 2. The van der Waals surface area contributed by atoms with Gasteiger partial charge in [-0.3, -0.25) is 4.98 Å². The number of benzene rings is 3. The van der Waals surface area contributed by atoms with Gasteiger partial charge in [0, 0.05) is 34.6 Å². The van der Waals surface area contributed by atoms with Gasteiger partial charge in [-0.15, -0.1) is 0 Å².